The maximum atomic E-state index is 13.5. The minimum absolute atomic E-state index is 0.153. The zero-order valence-corrected chi connectivity index (χ0v) is 12.2. The minimum atomic E-state index is -0.153. The van der Waals surface area contributed by atoms with Gasteiger partial charge in [0.25, 0.3) is 0 Å². The molecule has 102 valence electrons. The second-order valence-corrected chi connectivity index (χ2v) is 6.14. The fourth-order valence-corrected chi connectivity index (χ4v) is 3.32. The van der Waals surface area contributed by atoms with Gasteiger partial charge in [0.2, 0.25) is 5.89 Å². The molecule has 0 saturated heterocycles. The molecule has 0 unspecified atom stereocenters. The number of oxazole rings is 1. The molecule has 3 rings (SSSR count). The quantitative estimate of drug-likeness (QED) is 0.665. The van der Waals surface area contributed by atoms with E-state index in [9.17, 15) is 4.39 Å². The Morgan fingerprint density at radius 2 is 2.05 bits per heavy atom. The van der Waals surface area contributed by atoms with Crippen molar-refractivity contribution in [2.75, 3.05) is 0 Å². The highest BCUT2D eigenvalue weighted by atomic mass is 32.2. The van der Waals surface area contributed by atoms with E-state index in [4.69, 9.17) is 4.42 Å². The maximum absolute atomic E-state index is 13.5. The Balaban J connectivity index is 1.58. The molecule has 0 saturated carbocycles. The number of halogens is 1. The Morgan fingerprint density at radius 1 is 1.15 bits per heavy atom. The normalized spacial score (nSPS) is 10.8. The summed E-state index contributed by atoms with van der Waals surface area (Å²) in [6, 6.07) is 10.8. The van der Waals surface area contributed by atoms with Crippen LogP contribution < -0.4 is 0 Å². The average Bonchev–Trinajstić information content (AvgIpc) is 3.11. The molecule has 0 bridgehead atoms. The molecule has 2 aromatic heterocycles. The topological polar surface area (TPSA) is 26.0 Å². The molecule has 0 N–H and O–H groups in total. The van der Waals surface area contributed by atoms with Crippen molar-refractivity contribution in [3.05, 3.63) is 65.1 Å². The SMILES string of the molecule is Fc1ccccc1CSCc1coc(-c2cccs2)n1. The molecule has 2 nitrogen and oxygen atoms in total. The molecule has 0 radical (unpaired) electrons. The van der Waals surface area contributed by atoms with Crippen molar-refractivity contribution >= 4 is 23.1 Å². The second-order valence-electron chi connectivity index (χ2n) is 4.21. The molecular formula is C15H12FNOS2. The molecule has 20 heavy (non-hydrogen) atoms. The van der Waals surface area contributed by atoms with Gasteiger partial charge in [-0.3, -0.25) is 0 Å². The molecule has 2 heterocycles. The van der Waals surface area contributed by atoms with Crippen LogP contribution in [0.25, 0.3) is 10.8 Å². The van der Waals surface area contributed by atoms with Crippen LogP contribution in [0.5, 0.6) is 0 Å². The van der Waals surface area contributed by atoms with E-state index < -0.39 is 0 Å². The van der Waals surface area contributed by atoms with Crippen molar-refractivity contribution in [1.82, 2.24) is 4.98 Å². The molecule has 0 atom stereocenters. The van der Waals surface area contributed by atoms with Crippen LogP contribution in [0.4, 0.5) is 4.39 Å². The molecular weight excluding hydrogens is 293 g/mol. The number of hydrogen-bond donors (Lipinski definition) is 0. The van der Waals surface area contributed by atoms with E-state index in [0.29, 0.717) is 17.4 Å². The summed E-state index contributed by atoms with van der Waals surface area (Å²) < 4.78 is 18.9. The number of rotatable bonds is 5. The molecule has 0 spiro atoms. The molecule has 3 aromatic rings. The summed E-state index contributed by atoms with van der Waals surface area (Å²) >= 11 is 3.22. The van der Waals surface area contributed by atoms with Crippen molar-refractivity contribution in [2.45, 2.75) is 11.5 Å². The van der Waals surface area contributed by atoms with Crippen LogP contribution in [0.2, 0.25) is 0 Å². The lowest BCUT2D eigenvalue weighted by atomic mass is 10.2. The summed E-state index contributed by atoms with van der Waals surface area (Å²) in [6.07, 6.45) is 1.67. The first-order chi connectivity index (χ1) is 9.83. The predicted molar refractivity (Wildman–Crippen MR) is 81.2 cm³/mol. The molecule has 0 aliphatic heterocycles. The van der Waals surface area contributed by atoms with Crippen LogP contribution in [0.3, 0.4) is 0 Å². The van der Waals surface area contributed by atoms with Gasteiger partial charge in [-0.15, -0.1) is 11.3 Å². The van der Waals surface area contributed by atoms with E-state index in [1.807, 2.05) is 29.6 Å². The van der Waals surface area contributed by atoms with Crippen molar-refractivity contribution in [1.29, 1.82) is 0 Å². The van der Waals surface area contributed by atoms with Crippen LogP contribution in [0.1, 0.15) is 11.3 Å². The third-order valence-corrected chi connectivity index (χ3v) is 4.62. The zero-order valence-electron chi connectivity index (χ0n) is 10.6. The molecule has 5 heteroatoms. The average molecular weight is 305 g/mol. The number of benzene rings is 1. The predicted octanol–water partition coefficient (Wildman–Crippen LogP) is 4.98. The smallest absolute Gasteiger partial charge is 0.236 e. The minimum Gasteiger partial charge on any atom is -0.444 e. The van der Waals surface area contributed by atoms with Gasteiger partial charge < -0.3 is 4.42 Å². The van der Waals surface area contributed by atoms with Gasteiger partial charge in [-0.05, 0) is 23.1 Å². The number of thioether (sulfide) groups is 1. The van der Waals surface area contributed by atoms with E-state index in [1.54, 1.807) is 35.4 Å². The monoisotopic (exact) mass is 305 g/mol. The Bertz CT molecular complexity index is 679. The Morgan fingerprint density at radius 3 is 2.85 bits per heavy atom. The van der Waals surface area contributed by atoms with Gasteiger partial charge in [0.1, 0.15) is 12.1 Å². The third-order valence-electron chi connectivity index (χ3n) is 2.75. The lowest BCUT2D eigenvalue weighted by Gasteiger charge is -2.01. The van der Waals surface area contributed by atoms with Crippen LogP contribution in [0, 0.1) is 5.82 Å². The Hall–Kier alpha value is -1.59. The molecule has 0 aliphatic carbocycles. The highest BCUT2D eigenvalue weighted by Crippen LogP contribution is 2.25. The highest BCUT2D eigenvalue weighted by molar-refractivity contribution is 7.97. The van der Waals surface area contributed by atoms with Crippen LogP contribution in [-0.2, 0) is 11.5 Å². The fourth-order valence-electron chi connectivity index (χ4n) is 1.77. The zero-order chi connectivity index (χ0) is 13.8. The van der Waals surface area contributed by atoms with Gasteiger partial charge in [0, 0.05) is 11.5 Å². The number of hydrogen-bond acceptors (Lipinski definition) is 4. The lowest BCUT2D eigenvalue weighted by molar-refractivity contribution is 0.575. The number of aromatic nitrogens is 1. The van der Waals surface area contributed by atoms with E-state index >= 15 is 0 Å². The first kappa shape index (κ1) is 13.4. The van der Waals surface area contributed by atoms with Gasteiger partial charge in [-0.1, -0.05) is 24.3 Å². The summed E-state index contributed by atoms with van der Waals surface area (Å²) in [6.45, 7) is 0. The van der Waals surface area contributed by atoms with E-state index in [1.165, 1.54) is 6.07 Å². The first-order valence-corrected chi connectivity index (χ1v) is 8.16. The number of thiophene rings is 1. The van der Waals surface area contributed by atoms with E-state index in [2.05, 4.69) is 4.98 Å². The van der Waals surface area contributed by atoms with E-state index in [-0.39, 0.29) is 5.82 Å². The maximum Gasteiger partial charge on any atom is 0.236 e. The summed E-state index contributed by atoms with van der Waals surface area (Å²) in [5.74, 6) is 1.85. The molecule has 0 fully saturated rings. The van der Waals surface area contributed by atoms with Crippen molar-refractivity contribution in [2.24, 2.45) is 0 Å². The lowest BCUT2D eigenvalue weighted by Crippen LogP contribution is -1.88. The number of nitrogens with zero attached hydrogens (tertiary/aromatic N) is 1. The summed E-state index contributed by atoms with van der Waals surface area (Å²) in [7, 11) is 0. The molecule has 1 aromatic carbocycles. The summed E-state index contributed by atoms with van der Waals surface area (Å²) in [5.41, 5.74) is 1.61. The van der Waals surface area contributed by atoms with Crippen LogP contribution in [-0.4, -0.2) is 4.98 Å². The van der Waals surface area contributed by atoms with E-state index in [0.717, 1.165) is 16.1 Å². The molecule has 0 amide bonds. The Kier molecular flexibility index (Phi) is 4.18. The summed E-state index contributed by atoms with van der Waals surface area (Å²) in [4.78, 5) is 5.46. The van der Waals surface area contributed by atoms with Crippen molar-refractivity contribution < 1.29 is 8.81 Å². The van der Waals surface area contributed by atoms with Crippen LogP contribution in [0.15, 0.2) is 52.5 Å². The molecule has 0 aliphatic rings. The van der Waals surface area contributed by atoms with Crippen molar-refractivity contribution in [3.8, 4) is 10.8 Å². The van der Waals surface area contributed by atoms with Gasteiger partial charge in [0.05, 0.1) is 10.6 Å². The standard InChI is InChI=1S/C15H12FNOS2/c16-13-5-2-1-4-11(13)9-19-10-12-8-18-15(17-12)14-6-3-7-20-14/h1-8H,9-10H2. The van der Waals surface area contributed by atoms with Crippen molar-refractivity contribution in [3.63, 3.8) is 0 Å². The second kappa shape index (κ2) is 6.24. The van der Waals surface area contributed by atoms with Crippen LogP contribution >= 0.6 is 23.1 Å². The van der Waals surface area contributed by atoms with Gasteiger partial charge in [0.15, 0.2) is 0 Å². The van der Waals surface area contributed by atoms with Gasteiger partial charge >= 0.3 is 0 Å². The van der Waals surface area contributed by atoms with Gasteiger partial charge in [-0.25, -0.2) is 9.37 Å². The Labute approximate surface area is 124 Å². The third kappa shape index (κ3) is 3.11. The first-order valence-electron chi connectivity index (χ1n) is 6.12. The fraction of sp³-hybridized carbons (Fsp3) is 0.133. The summed E-state index contributed by atoms with van der Waals surface area (Å²) in [5, 5.41) is 1.99. The largest absolute Gasteiger partial charge is 0.444 e. The highest BCUT2D eigenvalue weighted by Gasteiger charge is 2.08. The van der Waals surface area contributed by atoms with Gasteiger partial charge in [-0.2, -0.15) is 11.8 Å².